The zero-order valence-corrected chi connectivity index (χ0v) is 17.4. The average Bonchev–Trinajstić information content (AvgIpc) is 2.68. The molecular formula is C22H26N2O5. The SMILES string of the molecule is COCCCn1c(O)c(C(=O)C(C)Oc2cccc(C)c2C)c(C)c(C#N)c1=O. The van der Waals surface area contributed by atoms with Crippen molar-refractivity contribution in [3.63, 3.8) is 0 Å². The van der Waals surface area contributed by atoms with Crippen molar-refractivity contribution in [3.05, 3.63) is 56.4 Å². The molecule has 0 aliphatic rings. The summed E-state index contributed by atoms with van der Waals surface area (Å²) in [7, 11) is 1.53. The Kier molecular flexibility index (Phi) is 7.18. The van der Waals surface area contributed by atoms with Gasteiger partial charge in [0, 0.05) is 20.3 Å². The number of carbonyl (C=O) groups excluding carboxylic acids is 1. The normalized spacial score (nSPS) is 11.7. The van der Waals surface area contributed by atoms with E-state index in [1.807, 2.05) is 32.0 Å². The van der Waals surface area contributed by atoms with Crippen LogP contribution in [0.2, 0.25) is 0 Å². The first-order valence-electron chi connectivity index (χ1n) is 9.37. The summed E-state index contributed by atoms with van der Waals surface area (Å²) in [6.45, 7) is 7.40. The highest BCUT2D eigenvalue weighted by Gasteiger charge is 2.28. The van der Waals surface area contributed by atoms with Gasteiger partial charge in [-0.1, -0.05) is 12.1 Å². The fourth-order valence-corrected chi connectivity index (χ4v) is 3.12. The van der Waals surface area contributed by atoms with E-state index in [1.54, 1.807) is 13.0 Å². The van der Waals surface area contributed by atoms with E-state index in [-0.39, 0.29) is 23.2 Å². The molecule has 0 radical (unpaired) electrons. The van der Waals surface area contributed by atoms with Crippen LogP contribution in [-0.4, -0.2) is 35.3 Å². The van der Waals surface area contributed by atoms with E-state index in [1.165, 1.54) is 14.0 Å². The maximum atomic E-state index is 13.1. The predicted octanol–water partition coefficient (Wildman–Crippen LogP) is 3.04. The van der Waals surface area contributed by atoms with Crippen LogP contribution in [-0.2, 0) is 11.3 Å². The molecule has 0 spiro atoms. The van der Waals surface area contributed by atoms with Gasteiger partial charge < -0.3 is 14.6 Å². The van der Waals surface area contributed by atoms with Gasteiger partial charge in [0.05, 0.1) is 5.56 Å². The second-order valence-corrected chi connectivity index (χ2v) is 6.94. The van der Waals surface area contributed by atoms with Gasteiger partial charge in [-0.15, -0.1) is 0 Å². The number of carbonyl (C=O) groups is 1. The molecule has 0 aliphatic heterocycles. The maximum Gasteiger partial charge on any atom is 0.271 e. The van der Waals surface area contributed by atoms with Crippen molar-refractivity contribution in [1.82, 2.24) is 4.57 Å². The minimum absolute atomic E-state index is 0.0728. The van der Waals surface area contributed by atoms with Crippen LogP contribution in [0.5, 0.6) is 11.6 Å². The number of aromatic hydroxyl groups is 1. The van der Waals surface area contributed by atoms with Crippen molar-refractivity contribution < 1.29 is 19.4 Å². The first-order chi connectivity index (χ1) is 13.7. The number of ether oxygens (including phenoxy) is 2. The summed E-state index contributed by atoms with van der Waals surface area (Å²) >= 11 is 0. The highest BCUT2D eigenvalue weighted by atomic mass is 16.5. The van der Waals surface area contributed by atoms with Crippen LogP contribution in [0.25, 0.3) is 0 Å². The molecule has 7 heteroatoms. The summed E-state index contributed by atoms with van der Waals surface area (Å²) in [4.78, 5) is 25.7. The molecule has 1 aromatic heterocycles. The lowest BCUT2D eigenvalue weighted by Crippen LogP contribution is -2.31. The molecule has 1 atom stereocenters. The lowest BCUT2D eigenvalue weighted by molar-refractivity contribution is 0.0811. The zero-order chi connectivity index (χ0) is 21.7. The number of aryl methyl sites for hydroxylation is 1. The fourth-order valence-electron chi connectivity index (χ4n) is 3.12. The summed E-state index contributed by atoms with van der Waals surface area (Å²) in [5, 5.41) is 20.1. The Morgan fingerprint density at radius 2 is 1.97 bits per heavy atom. The van der Waals surface area contributed by atoms with E-state index in [2.05, 4.69) is 0 Å². The van der Waals surface area contributed by atoms with Gasteiger partial charge in [0.2, 0.25) is 11.7 Å². The number of methoxy groups -OCH3 is 1. The number of ketones is 1. The quantitative estimate of drug-likeness (QED) is 0.542. The van der Waals surface area contributed by atoms with Crippen LogP contribution in [0.1, 0.15) is 46.0 Å². The lowest BCUT2D eigenvalue weighted by Gasteiger charge is -2.20. The van der Waals surface area contributed by atoms with Crippen LogP contribution in [0.15, 0.2) is 23.0 Å². The molecule has 0 aliphatic carbocycles. The number of nitriles is 1. The molecule has 154 valence electrons. The molecule has 29 heavy (non-hydrogen) atoms. The van der Waals surface area contributed by atoms with Gasteiger partial charge in [-0.25, -0.2) is 0 Å². The van der Waals surface area contributed by atoms with Crippen LogP contribution >= 0.6 is 0 Å². The van der Waals surface area contributed by atoms with Crippen molar-refractivity contribution in [2.75, 3.05) is 13.7 Å². The van der Waals surface area contributed by atoms with E-state index in [9.17, 15) is 20.0 Å². The molecule has 1 unspecified atom stereocenters. The highest BCUT2D eigenvalue weighted by molar-refractivity contribution is 6.03. The number of Topliss-reactive ketones (excluding diaryl/α,β-unsaturated/α-hetero) is 1. The van der Waals surface area contributed by atoms with E-state index < -0.39 is 23.3 Å². The number of benzene rings is 1. The number of rotatable bonds is 8. The summed E-state index contributed by atoms with van der Waals surface area (Å²) < 4.78 is 11.9. The standard InChI is InChI=1S/C22H26N2O5/c1-13-8-6-9-18(14(13)2)29-16(4)20(25)19-15(3)17(12-23)21(26)24(22(19)27)10-7-11-28-5/h6,8-9,16,27H,7,10-11H2,1-5H3. The van der Waals surface area contributed by atoms with E-state index in [4.69, 9.17) is 9.47 Å². The largest absolute Gasteiger partial charge is 0.494 e. The molecule has 0 bridgehead atoms. The van der Waals surface area contributed by atoms with Gasteiger partial charge in [0.15, 0.2) is 6.10 Å². The summed E-state index contributed by atoms with van der Waals surface area (Å²) in [6, 6.07) is 7.40. The van der Waals surface area contributed by atoms with Gasteiger partial charge in [0.25, 0.3) is 5.56 Å². The molecule has 0 fully saturated rings. The van der Waals surface area contributed by atoms with Crippen molar-refractivity contribution in [3.8, 4) is 17.7 Å². The Bertz CT molecular complexity index is 1020. The number of aromatic nitrogens is 1. The average molecular weight is 398 g/mol. The van der Waals surface area contributed by atoms with Gasteiger partial charge in [-0.05, 0) is 56.9 Å². The molecule has 0 saturated heterocycles. The van der Waals surface area contributed by atoms with Gasteiger partial charge in [0.1, 0.15) is 17.4 Å². The van der Waals surface area contributed by atoms with Crippen LogP contribution < -0.4 is 10.3 Å². The topological polar surface area (TPSA) is 102 Å². The zero-order valence-electron chi connectivity index (χ0n) is 17.4. The number of hydrogen-bond donors (Lipinski definition) is 1. The first kappa shape index (κ1) is 22.2. The highest BCUT2D eigenvalue weighted by Crippen LogP contribution is 2.27. The molecule has 1 N–H and O–H groups in total. The molecule has 1 aromatic carbocycles. The van der Waals surface area contributed by atoms with E-state index in [0.717, 1.165) is 15.7 Å². The fraction of sp³-hybridized carbons (Fsp3) is 0.409. The third-order valence-electron chi connectivity index (χ3n) is 5.00. The van der Waals surface area contributed by atoms with Gasteiger partial charge in [-0.2, -0.15) is 5.26 Å². The van der Waals surface area contributed by atoms with Crippen molar-refractivity contribution in [2.45, 2.75) is 46.8 Å². The third-order valence-corrected chi connectivity index (χ3v) is 5.00. The summed E-state index contributed by atoms with van der Waals surface area (Å²) in [5.74, 6) is -0.390. The summed E-state index contributed by atoms with van der Waals surface area (Å²) in [6.07, 6.45) is -0.475. The lowest BCUT2D eigenvalue weighted by atomic mass is 9.99. The van der Waals surface area contributed by atoms with Crippen molar-refractivity contribution in [1.29, 1.82) is 5.26 Å². The summed E-state index contributed by atoms with van der Waals surface area (Å²) in [5.41, 5.74) is 1.23. The molecule has 0 amide bonds. The minimum Gasteiger partial charge on any atom is -0.494 e. The molecule has 2 aromatic rings. The predicted molar refractivity (Wildman–Crippen MR) is 109 cm³/mol. The Labute approximate surface area is 170 Å². The molecule has 7 nitrogen and oxygen atoms in total. The molecule has 2 rings (SSSR count). The van der Waals surface area contributed by atoms with E-state index >= 15 is 0 Å². The number of hydrogen-bond acceptors (Lipinski definition) is 6. The van der Waals surface area contributed by atoms with Crippen LogP contribution in [0.3, 0.4) is 0 Å². The minimum atomic E-state index is -0.920. The molecule has 1 heterocycles. The Hall–Kier alpha value is -3.11. The van der Waals surface area contributed by atoms with Crippen molar-refractivity contribution >= 4 is 5.78 Å². The van der Waals surface area contributed by atoms with Crippen molar-refractivity contribution in [2.24, 2.45) is 0 Å². The smallest absolute Gasteiger partial charge is 0.271 e. The first-order valence-corrected chi connectivity index (χ1v) is 9.37. The Morgan fingerprint density at radius 1 is 1.28 bits per heavy atom. The van der Waals surface area contributed by atoms with Gasteiger partial charge in [-0.3, -0.25) is 14.2 Å². The second kappa shape index (κ2) is 9.39. The maximum absolute atomic E-state index is 13.1. The monoisotopic (exact) mass is 398 g/mol. The number of pyridine rings is 1. The van der Waals surface area contributed by atoms with Crippen LogP contribution in [0.4, 0.5) is 0 Å². The third kappa shape index (κ3) is 4.49. The Morgan fingerprint density at radius 3 is 2.59 bits per heavy atom. The van der Waals surface area contributed by atoms with Crippen LogP contribution in [0, 0.1) is 32.1 Å². The molecular weight excluding hydrogens is 372 g/mol. The second-order valence-electron chi connectivity index (χ2n) is 6.94. The molecule has 0 saturated carbocycles. The Balaban J connectivity index is 2.47. The van der Waals surface area contributed by atoms with E-state index in [0.29, 0.717) is 18.8 Å². The number of nitrogens with zero attached hydrogens (tertiary/aromatic N) is 2. The van der Waals surface area contributed by atoms with Gasteiger partial charge >= 0.3 is 0 Å².